The summed E-state index contributed by atoms with van der Waals surface area (Å²) in [6.07, 6.45) is 9.26. The second kappa shape index (κ2) is 7.92. The molecule has 0 bridgehead atoms. The van der Waals surface area contributed by atoms with Crippen molar-refractivity contribution in [2.24, 2.45) is 52.8 Å². The van der Waals surface area contributed by atoms with E-state index in [1.54, 1.807) is 0 Å². The van der Waals surface area contributed by atoms with Gasteiger partial charge in [-0.15, -0.1) is 0 Å². The molecule has 2 rings (SSSR count). The highest BCUT2D eigenvalue weighted by atomic mass is 16.1. The van der Waals surface area contributed by atoms with Gasteiger partial charge in [0.1, 0.15) is 6.29 Å². The topological polar surface area (TPSA) is 17.1 Å². The summed E-state index contributed by atoms with van der Waals surface area (Å²) in [5.74, 6) is 5.56. The van der Waals surface area contributed by atoms with Crippen molar-refractivity contribution in [3.63, 3.8) is 0 Å². The van der Waals surface area contributed by atoms with E-state index in [0.717, 1.165) is 23.7 Å². The van der Waals surface area contributed by atoms with Crippen LogP contribution in [0.4, 0.5) is 0 Å². The van der Waals surface area contributed by atoms with Crippen molar-refractivity contribution < 1.29 is 4.79 Å². The monoisotopic (exact) mass is 334 g/mol. The van der Waals surface area contributed by atoms with Gasteiger partial charge in [-0.3, -0.25) is 0 Å². The van der Waals surface area contributed by atoms with Crippen LogP contribution in [0.3, 0.4) is 0 Å². The Balaban J connectivity index is 2.37. The van der Waals surface area contributed by atoms with E-state index in [9.17, 15) is 4.79 Å². The van der Waals surface area contributed by atoms with Gasteiger partial charge in [-0.25, -0.2) is 0 Å². The van der Waals surface area contributed by atoms with Crippen LogP contribution in [-0.4, -0.2) is 6.29 Å². The summed E-state index contributed by atoms with van der Waals surface area (Å²) in [5.41, 5.74) is -0.132. The summed E-state index contributed by atoms with van der Waals surface area (Å²) in [4.78, 5) is 12.6. The van der Waals surface area contributed by atoms with Crippen molar-refractivity contribution in [2.45, 2.75) is 87.0 Å². The minimum atomic E-state index is -0.132. The molecule has 0 saturated heterocycles. The lowest BCUT2D eigenvalue weighted by Gasteiger charge is -2.53. The van der Waals surface area contributed by atoms with Gasteiger partial charge in [0.05, 0.1) is 0 Å². The Morgan fingerprint density at radius 2 is 1.17 bits per heavy atom. The summed E-state index contributed by atoms with van der Waals surface area (Å²) in [7, 11) is 0. The molecule has 1 heteroatoms. The first kappa shape index (κ1) is 20.0. The lowest BCUT2D eigenvalue weighted by Crippen LogP contribution is -2.49. The minimum absolute atomic E-state index is 0.132. The van der Waals surface area contributed by atoms with Gasteiger partial charge >= 0.3 is 0 Å². The molecule has 2 aliphatic rings. The lowest BCUT2D eigenvalue weighted by atomic mass is 9.51. The molecule has 2 saturated carbocycles. The van der Waals surface area contributed by atoms with E-state index in [2.05, 4.69) is 48.5 Å². The number of hydrogen-bond donors (Lipinski definition) is 0. The number of hydrogen-bond acceptors (Lipinski definition) is 1. The third kappa shape index (κ3) is 3.91. The summed E-state index contributed by atoms with van der Waals surface area (Å²) in [6.45, 7) is 16.7. The van der Waals surface area contributed by atoms with Crippen molar-refractivity contribution in [3.05, 3.63) is 0 Å². The molecule has 6 unspecified atom stereocenters. The number of carbonyl (C=O) groups is 1. The Kier molecular flexibility index (Phi) is 6.59. The Morgan fingerprint density at radius 3 is 1.46 bits per heavy atom. The Morgan fingerprint density at radius 1 is 0.792 bits per heavy atom. The predicted molar refractivity (Wildman–Crippen MR) is 104 cm³/mol. The average Bonchev–Trinajstić information content (AvgIpc) is 2.53. The fourth-order valence-electron chi connectivity index (χ4n) is 6.28. The first-order chi connectivity index (χ1) is 11.2. The molecule has 0 spiro atoms. The fraction of sp³-hybridized carbons (Fsp3) is 0.957. The maximum Gasteiger partial charge on any atom is 0.126 e. The van der Waals surface area contributed by atoms with Crippen molar-refractivity contribution in [1.82, 2.24) is 0 Å². The molecule has 140 valence electrons. The van der Waals surface area contributed by atoms with Gasteiger partial charge in [-0.05, 0) is 73.0 Å². The highest BCUT2D eigenvalue weighted by Gasteiger charge is 2.51. The van der Waals surface area contributed by atoms with Crippen LogP contribution in [0.1, 0.15) is 87.0 Å². The first-order valence-corrected chi connectivity index (χ1v) is 10.7. The Labute approximate surface area is 151 Å². The molecule has 0 heterocycles. The van der Waals surface area contributed by atoms with Gasteiger partial charge in [0, 0.05) is 5.41 Å². The summed E-state index contributed by atoms with van der Waals surface area (Å²) < 4.78 is 0. The normalized spacial score (nSPS) is 40.5. The second-order valence-corrected chi connectivity index (χ2v) is 10.3. The van der Waals surface area contributed by atoms with E-state index >= 15 is 0 Å². The lowest BCUT2D eigenvalue weighted by molar-refractivity contribution is -0.132. The van der Waals surface area contributed by atoms with Crippen molar-refractivity contribution in [2.75, 3.05) is 0 Å². The standard InChI is InChI=1S/C23H42O/c1-15(2)19-10-8-17(5)12-21(19)23(7,14-24)22-13-18(6)9-11-20(22)16(3)4/h14-22H,8-13H2,1-7H3. The average molecular weight is 335 g/mol. The molecule has 0 aromatic heterocycles. The highest BCUT2D eigenvalue weighted by molar-refractivity contribution is 5.60. The van der Waals surface area contributed by atoms with Crippen molar-refractivity contribution in [3.8, 4) is 0 Å². The Hall–Kier alpha value is -0.330. The molecule has 0 aromatic carbocycles. The summed E-state index contributed by atoms with van der Waals surface area (Å²) in [5, 5.41) is 0. The third-order valence-electron chi connectivity index (χ3n) is 7.90. The molecule has 6 atom stereocenters. The SMILES string of the molecule is CC1CCC(C(C)C)C(C(C)(C=O)C2CC(C)CCC2C(C)C)C1. The first-order valence-electron chi connectivity index (χ1n) is 10.7. The molecule has 0 amide bonds. The second-order valence-electron chi connectivity index (χ2n) is 10.3. The van der Waals surface area contributed by atoms with Crippen LogP contribution in [0.5, 0.6) is 0 Å². The van der Waals surface area contributed by atoms with Gasteiger partial charge in [-0.2, -0.15) is 0 Å². The third-order valence-corrected chi connectivity index (χ3v) is 7.90. The molecular formula is C23H42O. The molecule has 0 aromatic rings. The molecule has 0 N–H and O–H groups in total. The summed E-state index contributed by atoms with van der Waals surface area (Å²) >= 11 is 0. The van der Waals surface area contributed by atoms with E-state index in [0.29, 0.717) is 23.7 Å². The van der Waals surface area contributed by atoms with Crippen LogP contribution in [-0.2, 0) is 4.79 Å². The van der Waals surface area contributed by atoms with Gasteiger partial charge in [0.15, 0.2) is 0 Å². The van der Waals surface area contributed by atoms with Crippen LogP contribution in [0.25, 0.3) is 0 Å². The van der Waals surface area contributed by atoms with Crippen LogP contribution in [0.15, 0.2) is 0 Å². The maximum absolute atomic E-state index is 12.6. The quantitative estimate of drug-likeness (QED) is 0.517. The largest absolute Gasteiger partial charge is 0.303 e. The van der Waals surface area contributed by atoms with Gasteiger partial charge in [-0.1, -0.05) is 61.3 Å². The van der Waals surface area contributed by atoms with Crippen LogP contribution in [0, 0.1) is 52.8 Å². The molecule has 0 aliphatic heterocycles. The van der Waals surface area contributed by atoms with E-state index in [1.165, 1.54) is 44.8 Å². The van der Waals surface area contributed by atoms with E-state index in [4.69, 9.17) is 0 Å². The molecular weight excluding hydrogens is 292 g/mol. The van der Waals surface area contributed by atoms with Gasteiger partial charge in [0.2, 0.25) is 0 Å². The van der Waals surface area contributed by atoms with Crippen LogP contribution in [0.2, 0.25) is 0 Å². The number of carbonyl (C=O) groups excluding carboxylic acids is 1. The number of aldehydes is 1. The number of rotatable bonds is 5. The van der Waals surface area contributed by atoms with Crippen LogP contribution < -0.4 is 0 Å². The van der Waals surface area contributed by atoms with Gasteiger partial charge < -0.3 is 4.79 Å². The molecule has 1 nitrogen and oxygen atoms in total. The maximum atomic E-state index is 12.6. The zero-order chi connectivity index (χ0) is 18.1. The van der Waals surface area contributed by atoms with E-state index < -0.39 is 0 Å². The predicted octanol–water partition coefficient (Wildman–Crippen LogP) is 6.61. The smallest absolute Gasteiger partial charge is 0.126 e. The van der Waals surface area contributed by atoms with E-state index in [-0.39, 0.29) is 5.41 Å². The van der Waals surface area contributed by atoms with Crippen molar-refractivity contribution >= 4 is 6.29 Å². The van der Waals surface area contributed by atoms with Crippen LogP contribution >= 0.6 is 0 Å². The molecule has 2 fully saturated rings. The van der Waals surface area contributed by atoms with E-state index in [1.807, 2.05) is 0 Å². The fourth-order valence-corrected chi connectivity index (χ4v) is 6.28. The molecule has 2 aliphatic carbocycles. The zero-order valence-corrected chi connectivity index (χ0v) is 17.3. The highest BCUT2D eigenvalue weighted by Crippen LogP contribution is 2.55. The molecule has 0 radical (unpaired) electrons. The summed E-state index contributed by atoms with van der Waals surface area (Å²) in [6, 6.07) is 0. The minimum Gasteiger partial charge on any atom is -0.303 e. The Bertz CT molecular complexity index is 378. The van der Waals surface area contributed by atoms with Crippen molar-refractivity contribution in [1.29, 1.82) is 0 Å². The molecule has 24 heavy (non-hydrogen) atoms. The zero-order valence-electron chi connectivity index (χ0n) is 17.3. The van der Waals surface area contributed by atoms with Gasteiger partial charge in [0.25, 0.3) is 0 Å².